The quantitative estimate of drug-likeness (QED) is 0.826. The van der Waals surface area contributed by atoms with Crippen LogP contribution in [0.25, 0.3) is 0 Å². The number of hydrogen-bond acceptors (Lipinski definition) is 3. The summed E-state index contributed by atoms with van der Waals surface area (Å²) in [4.78, 5) is 0. The molecule has 0 aromatic heterocycles. The maximum absolute atomic E-state index is 9.10. The Balaban J connectivity index is 2.00. The van der Waals surface area contributed by atoms with Gasteiger partial charge in [0.2, 0.25) is 0 Å². The Kier molecular flexibility index (Phi) is 4.45. The molecular weight excluding hydrogens is 216 g/mol. The first kappa shape index (κ1) is 13.3. The van der Waals surface area contributed by atoms with Gasteiger partial charge in [0.1, 0.15) is 6.10 Å². The summed E-state index contributed by atoms with van der Waals surface area (Å²) < 4.78 is 11.5. The molecule has 3 heteroatoms. The molecule has 0 bridgehead atoms. The van der Waals surface area contributed by atoms with Crippen molar-refractivity contribution >= 4 is 0 Å². The molecule has 3 nitrogen and oxygen atoms in total. The predicted octanol–water partition coefficient (Wildman–Crippen LogP) is 2.43. The molecule has 5 atom stereocenters. The molecule has 1 aliphatic heterocycles. The third-order valence-electron chi connectivity index (χ3n) is 4.40. The van der Waals surface area contributed by atoms with Gasteiger partial charge in [-0.15, -0.1) is 0 Å². The Morgan fingerprint density at radius 3 is 2.65 bits per heavy atom. The zero-order valence-electron chi connectivity index (χ0n) is 11.3. The molecule has 100 valence electrons. The van der Waals surface area contributed by atoms with Gasteiger partial charge >= 0.3 is 0 Å². The number of aliphatic hydroxyl groups excluding tert-OH is 1. The zero-order chi connectivity index (χ0) is 12.4. The summed E-state index contributed by atoms with van der Waals surface area (Å²) in [5.74, 6) is 2.67. The van der Waals surface area contributed by atoms with E-state index in [9.17, 15) is 0 Å². The molecule has 2 fully saturated rings. The molecule has 0 aromatic carbocycles. The third-order valence-corrected chi connectivity index (χ3v) is 4.40. The van der Waals surface area contributed by atoms with Crippen LogP contribution in [-0.2, 0) is 9.47 Å². The van der Waals surface area contributed by atoms with Crippen LogP contribution in [-0.4, -0.2) is 30.7 Å². The fraction of sp³-hybridized carbons (Fsp3) is 1.00. The standard InChI is InChI=1S/C14H26O3/c1-9(2)12-5-4-10(3)6-13(12)14-16-8-11(7-15)17-14/h9-15H,4-8H2,1-3H3/t10-,11?,12+,13-,14-/m1/s1. The fourth-order valence-corrected chi connectivity index (χ4v) is 3.38. The first-order chi connectivity index (χ1) is 8.11. The van der Waals surface area contributed by atoms with Crippen LogP contribution in [0.1, 0.15) is 40.0 Å². The van der Waals surface area contributed by atoms with Crippen LogP contribution in [0, 0.1) is 23.7 Å². The van der Waals surface area contributed by atoms with Crippen molar-refractivity contribution < 1.29 is 14.6 Å². The summed E-state index contributed by atoms with van der Waals surface area (Å²) in [5.41, 5.74) is 0. The molecule has 1 saturated carbocycles. The van der Waals surface area contributed by atoms with E-state index in [0.29, 0.717) is 24.4 Å². The van der Waals surface area contributed by atoms with E-state index < -0.39 is 0 Å². The smallest absolute Gasteiger partial charge is 0.161 e. The molecule has 2 aliphatic rings. The Morgan fingerprint density at radius 2 is 2.06 bits per heavy atom. The van der Waals surface area contributed by atoms with Gasteiger partial charge in [-0.1, -0.05) is 27.2 Å². The van der Waals surface area contributed by atoms with Crippen LogP contribution < -0.4 is 0 Å². The molecule has 0 aromatic rings. The lowest BCUT2D eigenvalue weighted by molar-refractivity contribution is -0.134. The summed E-state index contributed by atoms with van der Waals surface area (Å²) in [6, 6.07) is 0. The Hall–Kier alpha value is -0.120. The summed E-state index contributed by atoms with van der Waals surface area (Å²) >= 11 is 0. The van der Waals surface area contributed by atoms with Gasteiger partial charge in [-0.2, -0.15) is 0 Å². The van der Waals surface area contributed by atoms with E-state index in [1.165, 1.54) is 19.3 Å². The van der Waals surface area contributed by atoms with Gasteiger partial charge < -0.3 is 14.6 Å². The molecule has 0 amide bonds. The summed E-state index contributed by atoms with van der Waals surface area (Å²) in [5, 5.41) is 9.10. The molecule has 1 saturated heterocycles. The van der Waals surface area contributed by atoms with E-state index in [4.69, 9.17) is 14.6 Å². The number of aliphatic hydroxyl groups is 1. The Labute approximate surface area is 104 Å². The summed E-state index contributed by atoms with van der Waals surface area (Å²) in [6.45, 7) is 7.54. The van der Waals surface area contributed by atoms with E-state index >= 15 is 0 Å². The highest BCUT2D eigenvalue weighted by atomic mass is 16.7. The monoisotopic (exact) mass is 242 g/mol. The lowest BCUT2D eigenvalue weighted by Crippen LogP contribution is -2.37. The van der Waals surface area contributed by atoms with Crippen molar-refractivity contribution in [3.05, 3.63) is 0 Å². The molecule has 1 aliphatic carbocycles. The maximum atomic E-state index is 9.10. The van der Waals surface area contributed by atoms with Crippen molar-refractivity contribution in [1.29, 1.82) is 0 Å². The predicted molar refractivity (Wildman–Crippen MR) is 66.5 cm³/mol. The number of rotatable bonds is 3. The highest BCUT2D eigenvalue weighted by Gasteiger charge is 2.40. The van der Waals surface area contributed by atoms with E-state index in [-0.39, 0.29) is 19.0 Å². The lowest BCUT2D eigenvalue weighted by Gasteiger charge is -2.39. The minimum Gasteiger partial charge on any atom is -0.394 e. The first-order valence-electron chi connectivity index (χ1n) is 6.99. The van der Waals surface area contributed by atoms with E-state index in [1.807, 2.05) is 0 Å². The van der Waals surface area contributed by atoms with Gasteiger partial charge in [0.25, 0.3) is 0 Å². The van der Waals surface area contributed by atoms with Gasteiger partial charge in [0, 0.05) is 5.92 Å². The average Bonchev–Trinajstić information content (AvgIpc) is 2.76. The average molecular weight is 242 g/mol. The van der Waals surface area contributed by atoms with Crippen LogP contribution in [0.2, 0.25) is 0 Å². The number of hydrogen-bond donors (Lipinski definition) is 1. The molecule has 2 rings (SSSR count). The van der Waals surface area contributed by atoms with Crippen molar-refractivity contribution in [3.8, 4) is 0 Å². The second-order valence-corrected chi connectivity index (χ2v) is 6.13. The van der Waals surface area contributed by atoms with Crippen LogP contribution in [0.4, 0.5) is 0 Å². The Morgan fingerprint density at radius 1 is 1.29 bits per heavy atom. The third kappa shape index (κ3) is 3.01. The first-order valence-corrected chi connectivity index (χ1v) is 6.99. The molecule has 17 heavy (non-hydrogen) atoms. The highest BCUT2D eigenvalue weighted by molar-refractivity contribution is 4.84. The highest BCUT2D eigenvalue weighted by Crippen LogP contribution is 2.42. The lowest BCUT2D eigenvalue weighted by atomic mass is 9.70. The Bertz CT molecular complexity index is 242. The summed E-state index contributed by atoms with van der Waals surface area (Å²) in [6.07, 6.45) is 3.63. The largest absolute Gasteiger partial charge is 0.394 e. The SMILES string of the molecule is CC(C)[C@@H]1CC[C@@H](C)C[C@H]1[C@@H]1OCC(CO)O1. The molecule has 0 spiro atoms. The van der Waals surface area contributed by atoms with Crippen molar-refractivity contribution in [3.63, 3.8) is 0 Å². The fourth-order valence-electron chi connectivity index (χ4n) is 3.38. The van der Waals surface area contributed by atoms with Crippen LogP contribution in [0.3, 0.4) is 0 Å². The van der Waals surface area contributed by atoms with Crippen molar-refractivity contribution in [2.45, 2.75) is 52.4 Å². The van der Waals surface area contributed by atoms with Crippen LogP contribution in [0.5, 0.6) is 0 Å². The van der Waals surface area contributed by atoms with E-state index in [2.05, 4.69) is 20.8 Å². The van der Waals surface area contributed by atoms with Crippen molar-refractivity contribution in [2.24, 2.45) is 23.7 Å². The second kappa shape index (κ2) is 5.68. The zero-order valence-corrected chi connectivity index (χ0v) is 11.3. The molecule has 1 unspecified atom stereocenters. The molecule has 0 radical (unpaired) electrons. The normalized spacial score (nSPS) is 43.2. The van der Waals surface area contributed by atoms with E-state index in [1.54, 1.807) is 0 Å². The van der Waals surface area contributed by atoms with Crippen molar-refractivity contribution in [2.75, 3.05) is 13.2 Å². The minimum absolute atomic E-state index is 0.0745. The van der Waals surface area contributed by atoms with Gasteiger partial charge in [-0.3, -0.25) is 0 Å². The van der Waals surface area contributed by atoms with Gasteiger partial charge in [0.05, 0.1) is 13.2 Å². The van der Waals surface area contributed by atoms with Crippen molar-refractivity contribution in [1.82, 2.24) is 0 Å². The minimum atomic E-state index is -0.106. The van der Waals surface area contributed by atoms with Gasteiger partial charge in [-0.25, -0.2) is 0 Å². The number of ether oxygens (including phenoxy) is 2. The molecular formula is C14H26O3. The van der Waals surface area contributed by atoms with Crippen LogP contribution in [0.15, 0.2) is 0 Å². The van der Waals surface area contributed by atoms with Crippen LogP contribution >= 0.6 is 0 Å². The van der Waals surface area contributed by atoms with E-state index in [0.717, 1.165) is 5.92 Å². The van der Waals surface area contributed by atoms with Gasteiger partial charge in [-0.05, 0) is 30.6 Å². The maximum Gasteiger partial charge on any atom is 0.161 e. The van der Waals surface area contributed by atoms with Gasteiger partial charge in [0.15, 0.2) is 6.29 Å². The molecule has 1 N–H and O–H groups in total. The molecule has 1 heterocycles. The second-order valence-electron chi connectivity index (χ2n) is 6.13. The summed E-state index contributed by atoms with van der Waals surface area (Å²) in [7, 11) is 0. The topological polar surface area (TPSA) is 38.7 Å².